The Morgan fingerprint density at radius 2 is 2.00 bits per heavy atom. The van der Waals surface area contributed by atoms with Gasteiger partial charge in [-0.2, -0.15) is 0 Å². The second-order valence-corrected chi connectivity index (χ2v) is 7.30. The van der Waals surface area contributed by atoms with Gasteiger partial charge in [-0.3, -0.25) is 4.79 Å². The number of pyridine rings is 2. The molecule has 2 aliphatic rings. The fourth-order valence-electron chi connectivity index (χ4n) is 3.71. The van der Waals surface area contributed by atoms with Crippen molar-refractivity contribution in [3.8, 4) is 0 Å². The summed E-state index contributed by atoms with van der Waals surface area (Å²) in [6.07, 6.45) is -1.61. The third-order valence-electron chi connectivity index (χ3n) is 5.38. The van der Waals surface area contributed by atoms with Crippen LogP contribution < -0.4 is 10.3 Å². The summed E-state index contributed by atoms with van der Waals surface area (Å²) in [5.41, 5.74) is -1.09. The van der Waals surface area contributed by atoms with E-state index in [9.17, 15) is 33.0 Å². The van der Waals surface area contributed by atoms with Gasteiger partial charge in [0, 0.05) is 31.2 Å². The molecule has 0 bridgehead atoms. The van der Waals surface area contributed by atoms with Gasteiger partial charge >= 0.3 is 5.97 Å². The quantitative estimate of drug-likeness (QED) is 0.802. The maximum absolute atomic E-state index is 14.7. The van der Waals surface area contributed by atoms with Crippen LogP contribution in [0.5, 0.6) is 0 Å². The van der Waals surface area contributed by atoms with Crippen LogP contribution in [0, 0.1) is 11.7 Å². The average Bonchev–Trinajstić information content (AvgIpc) is 3.37. The van der Waals surface area contributed by atoms with E-state index in [0.717, 1.165) is 18.9 Å². The number of carbonyl (C=O) groups is 1. The largest absolute Gasteiger partial charge is 0.477 e. The van der Waals surface area contributed by atoms with Crippen molar-refractivity contribution < 1.29 is 28.2 Å². The second-order valence-electron chi connectivity index (χ2n) is 7.30. The van der Waals surface area contributed by atoms with Crippen molar-refractivity contribution in [3.05, 3.63) is 33.9 Å². The van der Waals surface area contributed by atoms with E-state index in [-0.39, 0.29) is 42.4 Å². The molecule has 3 heterocycles. The average molecular weight is 397 g/mol. The van der Waals surface area contributed by atoms with Gasteiger partial charge in [0.15, 0.2) is 11.6 Å². The van der Waals surface area contributed by atoms with Crippen molar-refractivity contribution >= 4 is 22.8 Å². The smallest absolute Gasteiger partial charge is 0.341 e. The van der Waals surface area contributed by atoms with Crippen molar-refractivity contribution in [3.63, 3.8) is 0 Å². The number of halogens is 3. The molecule has 2 unspecified atom stereocenters. The topological polar surface area (TPSA) is 95.7 Å². The minimum atomic E-state index is -2.88. The zero-order valence-corrected chi connectivity index (χ0v) is 14.7. The summed E-state index contributed by atoms with van der Waals surface area (Å²) in [5.74, 6) is -3.03. The second kappa shape index (κ2) is 6.77. The Morgan fingerprint density at radius 1 is 1.29 bits per heavy atom. The molecule has 2 aromatic rings. The highest BCUT2D eigenvalue weighted by Crippen LogP contribution is 2.37. The van der Waals surface area contributed by atoms with Crippen LogP contribution in [0.2, 0.25) is 0 Å². The molecule has 10 heteroatoms. The Morgan fingerprint density at radius 3 is 2.61 bits per heavy atom. The molecule has 1 aliphatic carbocycles. The fourth-order valence-corrected chi connectivity index (χ4v) is 3.71. The zero-order chi connectivity index (χ0) is 20.2. The van der Waals surface area contributed by atoms with Gasteiger partial charge in [0.1, 0.15) is 17.3 Å². The summed E-state index contributed by atoms with van der Waals surface area (Å²) in [5, 5.41) is 18.7. The van der Waals surface area contributed by atoms with E-state index in [2.05, 4.69) is 4.98 Å². The normalized spacial score (nSPS) is 20.9. The first-order chi connectivity index (χ1) is 13.3. The highest BCUT2D eigenvalue weighted by atomic mass is 19.3. The predicted molar refractivity (Wildman–Crippen MR) is 93.5 cm³/mol. The lowest BCUT2D eigenvalue weighted by molar-refractivity contribution is -0.0335. The van der Waals surface area contributed by atoms with Crippen LogP contribution in [0.1, 0.15) is 35.7 Å². The lowest BCUT2D eigenvalue weighted by Crippen LogP contribution is -2.31. The monoisotopic (exact) mass is 397 g/mol. The van der Waals surface area contributed by atoms with E-state index < -0.39 is 41.2 Å². The molecular formula is C18H18F3N3O4. The molecule has 1 saturated heterocycles. The van der Waals surface area contributed by atoms with Gasteiger partial charge < -0.3 is 19.7 Å². The number of hydrogen-bond acceptors (Lipinski definition) is 5. The van der Waals surface area contributed by atoms with Crippen LogP contribution in [0.15, 0.2) is 17.1 Å². The number of fused-ring (bicyclic) bond motifs is 1. The molecule has 2 fully saturated rings. The Bertz CT molecular complexity index is 1010. The number of nitrogens with zero attached hydrogens (tertiary/aromatic N) is 3. The highest BCUT2D eigenvalue weighted by Gasteiger charge is 2.35. The van der Waals surface area contributed by atoms with Gasteiger partial charge in [0.05, 0.1) is 5.39 Å². The molecule has 150 valence electrons. The molecule has 2 aromatic heterocycles. The maximum Gasteiger partial charge on any atom is 0.341 e. The molecule has 2 N–H and O–H groups in total. The first-order valence-corrected chi connectivity index (χ1v) is 8.97. The van der Waals surface area contributed by atoms with Gasteiger partial charge in [-0.1, -0.05) is 0 Å². The minimum absolute atomic E-state index is 0.0148. The van der Waals surface area contributed by atoms with E-state index in [4.69, 9.17) is 0 Å². The summed E-state index contributed by atoms with van der Waals surface area (Å²) in [4.78, 5) is 29.5. The number of hydrogen-bond donors (Lipinski definition) is 2. The summed E-state index contributed by atoms with van der Waals surface area (Å²) < 4.78 is 41.8. The van der Waals surface area contributed by atoms with Crippen LogP contribution in [0.4, 0.5) is 19.0 Å². The summed E-state index contributed by atoms with van der Waals surface area (Å²) >= 11 is 0. The van der Waals surface area contributed by atoms with Crippen LogP contribution in [-0.4, -0.2) is 51.4 Å². The summed E-state index contributed by atoms with van der Waals surface area (Å²) in [7, 11) is 0. The molecule has 7 nitrogen and oxygen atoms in total. The molecule has 28 heavy (non-hydrogen) atoms. The number of carboxylic acid groups (broad SMARTS) is 1. The van der Waals surface area contributed by atoms with Gasteiger partial charge in [-0.05, 0) is 25.3 Å². The SMILES string of the molecule is O=C(O)c1cn(C2CC2)c2nc(N3CCC(C(O)C(F)F)C3)c(F)cc2c1=O. The Labute approximate surface area is 157 Å². The number of anilines is 1. The van der Waals surface area contributed by atoms with Crippen molar-refractivity contribution in [2.75, 3.05) is 18.0 Å². The highest BCUT2D eigenvalue weighted by molar-refractivity contribution is 5.92. The molecule has 2 atom stereocenters. The van der Waals surface area contributed by atoms with Crippen molar-refractivity contribution in [1.82, 2.24) is 9.55 Å². The molecule has 1 saturated carbocycles. The number of alkyl halides is 2. The number of aromatic carboxylic acids is 1. The molecule has 0 radical (unpaired) electrons. The minimum Gasteiger partial charge on any atom is -0.477 e. The van der Waals surface area contributed by atoms with E-state index in [1.165, 1.54) is 11.1 Å². The van der Waals surface area contributed by atoms with Gasteiger partial charge in [-0.15, -0.1) is 0 Å². The Hall–Kier alpha value is -2.62. The summed E-state index contributed by atoms with van der Waals surface area (Å²) in [6, 6.07) is 0.946. The lowest BCUT2D eigenvalue weighted by Gasteiger charge is -2.21. The van der Waals surface area contributed by atoms with Crippen LogP contribution >= 0.6 is 0 Å². The first kappa shape index (κ1) is 18.7. The number of aromatic nitrogens is 2. The third-order valence-corrected chi connectivity index (χ3v) is 5.38. The molecular weight excluding hydrogens is 379 g/mol. The van der Waals surface area contributed by atoms with Crippen LogP contribution in [0.3, 0.4) is 0 Å². The van der Waals surface area contributed by atoms with E-state index in [0.29, 0.717) is 0 Å². The maximum atomic E-state index is 14.7. The predicted octanol–water partition coefficient (Wildman–Crippen LogP) is 2.02. The number of rotatable bonds is 5. The lowest BCUT2D eigenvalue weighted by atomic mass is 10.0. The molecule has 1 aliphatic heterocycles. The Balaban J connectivity index is 1.78. The van der Waals surface area contributed by atoms with E-state index in [1.807, 2.05) is 0 Å². The van der Waals surface area contributed by atoms with Crippen molar-refractivity contribution in [2.24, 2.45) is 5.92 Å². The molecule has 4 rings (SSSR count). The van der Waals surface area contributed by atoms with Gasteiger partial charge in [-0.25, -0.2) is 22.9 Å². The number of aliphatic hydroxyl groups is 1. The van der Waals surface area contributed by atoms with Crippen molar-refractivity contribution in [1.29, 1.82) is 0 Å². The van der Waals surface area contributed by atoms with Crippen LogP contribution in [0.25, 0.3) is 11.0 Å². The van der Waals surface area contributed by atoms with E-state index >= 15 is 0 Å². The third kappa shape index (κ3) is 3.11. The summed E-state index contributed by atoms with van der Waals surface area (Å²) in [6.45, 7) is 0.256. The first-order valence-electron chi connectivity index (χ1n) is 8.97. The van der Waals surface area contributed by atoms with E-state index in [1.54, 1.807) is 4.57 Å². The standard InChI is InChI=1S/C18H18F3N3O4/c19-12-5-10-14(26)11(18(27)28)7-24(9-1-2-9)16(10)22-17(12)23-4-3-8(6-23)13(25)15(20)21/h5,7-9,13,15,25H,1-4,6H2,(H,27,28). The zero-order valence-electron chi connectivity index (χ0n) is 14.7. The Kier molecular flexibility index (Phi) is 4.53. The van der Waals surface area contributed by atoms with Gasteiger partial charge in [0.2, 0.25) is 5.43 Å². The fraction of sp³-hybridized carbons (Fsp3) is 0.500. The molecule has 0 aromatic carbocycles. The number of carboxylic acids is 1. The molecule has 0 amide bonds. The van der Waals surface area contributed by atoms with Gasteiger partial charge in [0.25, 0.3) is 6.43 Å². The molecule has 0 spiro atoms. The van der Waals surface area contributed by atoms with Crippen molar-refractivity contribution in [2.45, 2.75) is 37.8 Å². The van der Waals surface area contributed by atoms with Crippen LogP contribution in [-0.2, 0) is 0 Å². The number of aliphatic hydroxyl groups excluding tert-OH is 1.